The minimum Gasteiger partial charge on any atom is -0.329 e. The number of aromatic nitrogens is 1. The second-order valence-electron chi connectivity index (χ2n) is 1.91. The molecule has 1 heterocycles. The highest BCUT2D eigenvalue weighted by molar-refractivity contribution is 5.07. The number of rotatable bonds is 1. The van der Waals surface area contributed by atoms with E-state index in [2.05, 4.69) is 4.98 Å². The zero-order chi connectivity index (χ0) is 6.69. The van der Waals surface area contributed by atoms with Crippen LogP contribution in [0.1, 0.15) is 12.5 Å². The van der Waals surface area contributed by atoms with Crippen molar-refractivity contribution >= 4 is 0 Å². The molecule has 0 fully saturated rings. The van der Waals surface area contributed by atoms with E-state index in [4.69, 9.17) is 0 Å². The Bertz CT molecular complexity index is 218. The highest BCUT2D eigenvalue weighted by atomic mass is 16.1. The molecule has 0 aliphatic carbocycles. The van der Waals surface area contributed by atoms with Crippen LogP contribution in [0.25, 0.3) is 0 Å². The molecule has 2 heteroatoms. The van der Waals surface area contributed by atoms with Crippen LogP contribution < -0.4 is 5.56 Å². The van der Waals surface area contributed by atoms with Crippen LogP contribution in [-0.4, -0.2) is 4.98 Å². The van der Waals surface area contributed by atoms with E-state index in [1.54, 1.807) is 12.3 Å². The number of aryl methyl sites for hydroxylation is 1. The third kappa shape index (κ3) is 1.42. The molecule has 0 saturated heterocycles. The number of aromatic amines is 1. The molecule has 0 aliphatic rings. The number of nitrogens with one attached hydrogen (secondary N) is 1. The van der Waals surface area contributed by atoms with Gasteiger partial charge in [-0.1, -0.05) is 13.0 Å². The summed E-state index contributed by atoms with van der Waals surface area (Å²) in [6, 6.07) is 3.37. The maximum atomic E-state index is 10.5. The van der Waals surface area contributed by atoms with Gasteiger partial charge in [-0.25, -0.2) is 0 Å². The maximum absolute atomic E-state index is 10.5. The quantitative estimate of drug-likeness (QED) is 0.592. The predicted octanol–water partition coefficient (Wildman–Crippen LogP) is 0.937. The molecule has 0 unspecified atom stereocenters. The van der Waals surface area contributed by atoms with Crippen LogP contribution in [0.2, 0.25) is 0 Å². The van der Waals surface area contributed by atoms with Crippen LogP contribution in [0.4, 0.5) is 0 Å². The zero-order valence-corrected chi connectivity index (χ0v) is 5.35. The van der Waals surface area contributed by atoms with Crippen molar-refractivity contribution in [3.8, 4) is 0 Å². The van der Waals surface area contributed by atoms with Gasteiger partial charge in [0.05, 0.1) is 0 Å². The van der Waals surface area contributed by atoms with E-state index in [1.165, 1.54) is 0 Å². The monoisotopic (exact) mass is 123 g/mol. The molecule has 1 aromatic rings. The zero-order valence-electron chi connectivity index (χ0n) is 5.35. The van der Waals surface area contributed by atoms with Crippen molar-refractivity contribution in [3.05, 3.63) is 34.2 Å². The fraction of sp³-hybridized carbons (Fsp3) is 0.286. The second kappa shape index (κ2) is 2.49. The van der Waals surface area contributed by atoms with Gasteiger partial charge in [-0.05, 0) is 12.0 Å². The Balaban J connectivity index is 3.02. The Morgan fingerprint density at radius 3 is 2.78 bits per heavy atom. The molecule has 1 rings (SSSR count). The Hall–Kier alpha value is -1.05. The van der Waals surface area contributed by atoms with E-state index in [0.29, 0.717) is 0 Å². The SMILES string of the molecule is CCc1ccc(=O)[nH]c1. The third-order valence-corrected chi connectivity index (χ3v) is 1.26. The van der Waals surface area contributed by atoms with Crippen molar-refractivity contribution in [2.24, 2.45) is 0 Å². The summed E-state index contributed by atoms with van der Waals surface area (Å²) in [6.07, 6.45) is 2.71. The fourth-order valence-corrected chi connectivity index (χ4v) is 0.663. The average Bonchev–Trinajstić information content (AvgIpc) is 1.90. The molecule has 1 aromatic heterocycles. The van der Waals surface area contributed by atoms with E-state index >= 15 is 0 Å². The standard InChI is InChI=1S/C7H9NO/c1-2-6-3-4-7(9)8-5-6/h3-5H,2H2,1H3,(H,8,9). The third-order valence-electron chi connectivity index (χ3n) is 1.26. The lowest BCUT2D eigenvalue weighted by molar-refractivity contribution is 1.08. The van der Waals surface area contributed by atoms with E-state index < -0.39 is 0 Å². The summed E-state index contributed by atoms with van der Waals surface area (Å²) in [5, 5.41) is 0. The van der Waals surface area contributed by atoms with Gasteiger partial charge in [-0.3, -0.25) is 4.79 Å². The predicted molar refractivity (Wildman–Crippen MR) is 36.4 cm³/mol. The fourth-order valence-electron chi connectivity index (χ4n) is 0.663. The maximum Gasteiger partial charge on any atom is 0.247 e. The summed E-state index contributed by atoms with van der Waals surface area (Å²) < 4.78 is 0. The first kappa shape index (κ1) is 6.08. The van der Waals surface area contributed by atoms with Crippen LogP contribution in [0.3, 0.4) is 0 Å². The summed E-state index contributed by atoms with van der Waals surface area (Å²) in [5.74, 6) is 0. The highest BCUT2D eigenvalue weighted by Gasteiger charge is 1.84. The van der Waals surface area contributed by atoms with Crippen LogP contribution in [0, 0.1) is 0 Å². The number of hydrogen-bond acceptors (Lipinski definition) is 1. The molecular formula is C7H9NO. The molecule has 0 bridgehead atoms. The minimum atomic E-state index is -0.0350. The van der Waals surface area contributed by atoms with E-state index in [1.807, 2.05) is 13.0 Å². The molecule has 1 N–H and O–H groups in total. The number of pyridine rings is 1. The average molecular weight is 123 g/mol. The van der Waals surface area contributed by atoms with Crippen molar-refractivity contribution in [1.82, 2.24) is 4.98 Å². The van der Waals surface area contributed by atoms with Gasteiger partial charge in [-0.2, -0.15) is 0 Å². The summed E-state index contributed by atoms with van der Waals surface area (Å²) in [5.41, 5.74) is 1.13. The van der Waals surface area contributed by atoms with Gasteiger partial charge < -0.3 is 4.98 Å². The summed E-state index contributed by atoms with van der Waals surface area (Å²) in [7, 11) is 0. The number of hydrogen-bond donors (Lipinski definition) is 1. The minimum absolute atomic E-state index is 0.0350. The second-order valence-corrected chi connectivity index (χ2v) is 1.91. The van der Waals surface area contributed by atoms with Crippen molar-refractivity contribution in [1.29, 1.82) is 0 Å². The van der Waals surface area contributed by atoms with Gasteiger partial charge in [0.25, 0.3) is 0 Å². The molecule has 0 saturated carbocycles. The van der Waals surface area contributed by atoms with Crippen molar-refractivity contribution < 1.29 is 0 Å². The van der Waals surface area contributed by atoms with Crippen LogP contribution >= 0.6 is 0 Å². The van der Waals surface area contributed by atoms with Crippen molar-refractivity contribution in [2.45, 2.75) is 13.3 Å². The molecular weight excluding hydrogens is 114 g/mol. The van der Waals surface area contributed by atoms with Crippen molar-refractivity contribution in [2.75, 3.05) is 0 Å². The molecule has 0 aromatic carbocycles. The molecule has 48 valence electrons. The molecule has 9 heavy (non-hydrogen) atoms. The lowest BCUT2D eigenvalue weighted by Gasteiger charge is -1.90. The van der Waals surface area contributed by atoms with Gasteiger partial charge in [0.2, 0.25) is 5.56 Å². The smallest absolute Gasteiger partial charge is 0.247 e. The first-order valence-corrected chi connectivity index (χ1v) is 3.00. The van der Waals surface area contributed by atoms with Crippen LogP contribution in [0.15, 0.2) is 23.1 Å². The Kier molecular flexibility index (Phi) is 1.68. The van der Waals surface area contributed by atoms with Gasteiger partial charge in [0.1, 0.15) is 0 Å². The molecule has 0 spiro atoms. The largest absolute Gasteiger partial charge is 0.329 e. The summed E-state index contributed by atoms with van der Waals surface area (Å²) in [4.78, 5) is 13.1. The van der Waals surface area contributed by atoms with E-state index in [-0.39, 0.29) is 5.56 Å². The van der Waals surface area contributed by atoms with Gasteiger partial charge in [0, 0.05) is 12.3 Å². The first-order valence-electron chi connectivity index (χ1n) is 3.00. The molecule has 2 nitrogen and oxygen atoms in total. The van der Waals surface area contributed by atoms with Gasteiger partial charge >= 0.3 is 0 Å². The highest BCUT2D eigenvalue weighted by Crippen LogP contribution is 1.91. The van der Waals surface area contributed by atoms with Crippen molar-refractivity contribution in [3.63, 3.8) is 0 Å². The van der Waals surface area contributed by atoms with Gasteiger partial charge in [-0.15, -0.1) is 0 Å². The lowest BCUT2D eigenvalue weighted by atomic mass is 10.2. The summed E-state index contributed by atoms with van der Waals surface area (Å²) in [6.45, 7) is 2.05. The van der Waals surface area contributed by atoms with Crippen LogP contribution in [-0.2, 0) is 6.42 Å². The lowest BCUT2D eigenvalue weighted by Crippen LogP contribution is -2.01. The Morgan fingerprint density at radius 1 is 1.56 bits per heavy atom. The van der Waals surface area contributed by atoms with E-state index in [9.17, 15) is 4.79 Å². The van der Waals surface area contributed by atoms with Gasteiger partial charge in [0.15, 0.2) is 0 Å². The summed E-state index contributed by atoms with van der Waals surface area (Å²) >= 11 is 0. The molecule has 0 amide bonds. The van der Waals surface area contributed by atoms with E-state index in [0.717, 1.165) is 12.0 Å². The Morgan fingerprint density at radius 2 is 2.33 bits per heavy atom. The topological polar surface area (TPSA) is 32.9 Å². The molecule has 0 aliphatic heterocycles. The Labute approximate surface area is 53.5 Å². The number of H-pyrrole nitrogens is 1. The molecule has 0 radical (unpaired) electrons. The first-order chi connectivity index (χ1) is 4.33. The van der Waals surface area contributed by atoms with Crippen LogP contribution in [0.5, 0.6) is 0 Å². The molecule has 0 atom stereocenters. The normalized spacial score (nSPS) is 9.44.